The van der Waals surface area contributed by atoms with Gasteiger partial charge in [-0.1, -0.05) is 23.2 Å². The molecule has 0 spiro atoms. The van der Waals surface area contributed by atoms with Crippen LogP contribution in [0, 0.1) is 6.92 Å². The number of hydrogen-bond acceptors (Lipinski definition) is 1. The highest BCUT2D eigenvalue weighted by Gasteiger charge is 2.24. The maximum atomic E-state index is 11.6. The molecule has 1 saturated heterocycles. The highest BCUT2D eigenvalue weighted by molar-refractivity contribution is 6.38. The topological polar surface area (TPSA) is 20.3 Å². The molecule has 80 valence electrons. The Hall–Kier alpha value is -0.730. The zero-order valence-electron chi connectivity index (χ0n) is 8.39. The molecule has 2 rings (SSSR count). The Kier molecular flexibility index (Phi) is 2.89. The lowest BCUT2D eigenvalue weighted by Crippen LogP contribution is -2.24. The molecule has 2 nitrogen and oxygen atoms in total. The van der Waals surface area contributed by atoms with Crippen LogP contribution >= 0.6 is 23.2 Å². The number of rotatable bonds is 1. The molecule has 1 fully saturated rings. The lowest BCUT2D eigenvalue weighted by atomic mass is 10.2. The molecule has 1 amide bonds. The summed E-state index contributed by atoms with van der Waals surface area (Å²) in [6.07, 6.45) is 1.51. The summed E-state index contributed by atoms with van der Waals surface area (Å²) in [7, 11) is 0. The average Bonchev–Trinajstić information content (AvgIpc) is 2.62. The lowest BCUT2D eigenvalue weighted by molar-refractivity contribution is -0.117. The summed E-state index contributed by atoms with van der Waals surface area (Å²) in [6, 6.07) is 3.59. The zero-order chi connectivity index (χ0) is 11.0. The van der Waals surface area contributed by atoms with Crippen LogP contribution in [0.5, 0.6) is 0 Å². The first-order valence-corrected chi connectivity index (χ1v) is 5.62. The van der Waals surface area contributed by atoms with Crippen molar-refractivity contribution in [3.05, 3.63) is 27.7 Å². The van der Waals surface area contributed by atoms with Gasteiger partial charge in [0.25, 0.3) is 0 Å². The predicted molar refractivity (Wildman–Crippen MR) is 62.8 cm³/mol. The van der Waals surface area contributed by atoms with Crippen LogP contribution in [0.3, 0.4) is 0 Å². The monoisotopic (exact) mass is 243 g/mol. The van der Waals surface area contributed by atoms with Crippen LogP contribution in [0.25, 0.3) is 0 Å². The number of amides is 1. The predicted octanol–water partition coefficient (Wildman–Crippen LogP) is 3.43. The van der Waals surface area contributed by atoms with Crippen LogP contribution in [0.4, 0.5) is 5.69 Å². The second-order valence-electron chi connectivity index (χ2n) is 3.65. The summed E-state index contributed by atoms with van der Waals surface area (Å²) in [6.45, 7) is 2.61. The number of carbonyl (C=O) groups is 1. The van der Waals surface area contributed by atoms with Gasteiger partial charge in [0.1, 0.15) is 0 Å². The summed E-state index contributed by atoms with van der Waals surface area (Å²) in [4.78, 5) is 13.3. The van der Waals surface area contributed by atoms with E-state index < -0.39 is 0 Å². The quantitative estimate of drug-likeness (QED) is 0.741. The number of carbonyl (C=O) groups excluding carboxylic acids is 1. The van der Waals surface area contributed by atoms with Crippen molar-refractivity contribution in [3.8, 4) is 0 Å². The lowest BCUT2D eigenvalue weighted by Gasteiger charge is -2.18. The molecular weight excluding hydrogens is 233 g/mol. The van der Waals surface area contributed by atoms with Gasteiger partial charge in [0.2, 0.25) is 5.91 Å². The van der Waals surface area contributed by atoms with Gasteiger partial charge < -0.3 is 4.90 Å². The number of halogens is 2. The Bertz CT molecular complexity index is 417. The first-order chi connectivity index (χ1) is 7.11. The van der Waals surface area contributed by atoms with Crippen LogP contribution in [0.15, 0.2) is 12.1 Å². The number of hydrogen-bond donors (Lipinski definition) is 0. The summed E-state index contributed by atoms with van der Waals surface area (Å²) < 4.78 is 0. The molecule has 1 aromatic carbocycles. The van der Waals surface area contributed by atoms with Gasteiger partial charge in [0.05, 0.1) is 10.7 Å². The Labute approximate surface area is 98.8 Å². The molecule has 0 unspecified atom stereocenters. The van der Waals surface area contributed by atoms with Crippen molar-refractivity contribution < 1.29 is 4.79 Å². The highest BCUT2D eigenvalue weighted by Crippen LogP contribution is 2.35. The van der Waals surface area contributed by atoms with E-state index in [1.54, 1.807) is 17.0 Å². The fourth-order valence-electron chi connectivity index (χ4n) is 1.76. The molecule has 4 heteroatoms. The van der Waals surface area contributed by atoms with E-state index in [0.29, 0.717) is 16.5 Å². The molecule has 0 bridgehead atoms. The number of nitrogens with zero attached hydrogens (tertiary/aromatic N) is 1. The third-order valence-electron chi connectivity index (χ3n) is 2.66. The van der Waals surface area contributed by atoms with E-state index in [-0.39, 0.29) is 5.91 Å². The van der Waals surface area contributed by atoms with Gasteiger partial charge in [0, 0.05) is 18.0 Å². The molecule has 0 aromatic heterocycles. The average molecular weight is 244 g/mol. The van der Waals surface area contributed by atoms with E-state index in [1.165, 1.54) is 0 Å². The SMILES string of the molecule is Cc1c(Cl)ccc(N2CCCC2=O)c1Cl. The van der Waals surface area contributed by atoms with Crippen molar-refractivity contribution in [1.29, 1.82) is 0 Å². The Morgan fingerprint density at radius 3 is 2.67 bits per heavy atom. The van der Waals surface area contributed by atoms with E-state index in [2.05, 4.69) is 0 Å². The maximum absolute atomic E-state index is 11.6. The van der Waals surface area contributed by atoms with Crippen molar-refractivity contribution in [1.82, 2.24) is 0 Å². The second kappa shape index (κ2) is 4.03. The first-order valence-electron chi connectivity index (χ1n) is 4.86. The van der Waals surface area contributed by atoms with Crippen LogP contribution in [0.2, 0.25) is 10.0 Å². The van der Waals surface area contributed by atoms with Gasteiger partial charge in [-0.15, -0.1) is 0 Å². The summed E-state index contributed by atoms with van der Waals surface area (Å²) >= 11 is 12.1. The van der Waals surface area contributed by atoms with Crippen molar-refractivity contribution in [3.63, 3.8) is 0 Å². The van der Waals surface area contributed by atoms with E-state index in [9.17, 15) is 4.79 Å². The maximum Gasteiger partial charge on any atom is 0.227 e. The molecule has 0 N–H and O–H groups in total. The molecule has 1 aliphatic rings. The van der Waals surface area contributed by atoms with Gasteiger partial charge >= 0.3 is 0 Å². The highest BCUT2D eigenvalue weighted by atomic mass is 35.5. The largest absolute Gasteiger partial charge is 0.311 e. The molecule has 0 aliphatic carbocycles. The third kappa shape index (κ3) is 1.84. The van der Waals surface area contributed by atoms with Crippen molar-refractivity contribution in [2.45, 2.75) is 19.8 Å². The van der Waals surface area contributed by atoms with Crippen molar-refractivity contribution >= 4 is 34.8 Å². The van der Waals surface area contributed by atoms with E-state index in [0.717, 1.165) is 24.2 Å². The summed E-state index contributed by atoms with van der Waals surface area (Å²) in [5.74, 6) is 0.138. The van der Waals surface area contributed by atoms with Gasteiger partial charge in [0.15, 0.2) is 0 Å². The zero-order valence-corrected chi connectivity index (χ0v) is 9.90. The molecule has 1 aromatic rings. The van der Waals surface area contributed by atoms with Crippen LogP contribution < -0.4 is 4.90 Å². The number of anilines is 1. The molecule has 0 radical (unpaired) electrons. The van der Waals surface area contributed by atoms with Crippen LogP contribution in [-0.4, -0.2) is 12.5 Å². The van der Waals surface area contributed by atoms with Crippen molar-refractivity contribution in [2.24, 2.45) is 0 Å². The van der Waals surface area contributed by atoms with Crippen molar-refractivity contribution in [2.75, 3.05) is 11.4 Å². The Balaban J connectivity index is 2.45. The Morgan fingerprint density at radius 1 is 1.33 bits per heavy atom. The smallest absolute Gasteiger partial charge is 0.227 e. The Morgan fingerprint density at radius 2 is 2.07 bits per heavy atom. The van der Waals surface area contributed by atoms with E-state index >= 15 is 0 Å². The fraction of sp³-hybridized carbons (Fsp3) is 0.364. The van der Waals surface area contributed by atoms with Gasteiger partial charge in [-0.2, -0.15) is 0 Å². The molecule has 1 heterocycles. The summed E-state index contributed by atoms with van der Waals surface area (Å²) in [5.41, 5.74) is 1.61. The molecular formula is C11H11Cl2NO. The van der Waals surface area contributed by atoms with Gasteiger partial charge in [-0.25, -0.2) is 0 Å². The summed E-state index contributed by atoms with van der Waals surface area (Å²) in [5, 5.41) is 1.22. The normalized spacial score (nSPS) is 16.2. The van der Waals surface area contributed by atoms with Gasteiger partial charge in [-0.05, 0) is 31.0 Å². The number of benzene rings is 1. The minimum absolute atomic E-state index is 0.138. The molecule has 15 heavy (non-hydrogen) atoms. The molecule has 0 atom stereocenters. The molecule has 0 saturated carbocycles. The minimum atomic E-state index is 0.138. The van der Waals surface area contributed by atoms with Crippen LogP contribution in [-0.2, 0) is 4.79 Å². The first kappa shape index (κ1) is 10.8. The minimum Gasteiger partial charge on any atom is -0.311 e. The third-order valence-corrected chi connectivity index (χ3v) is 3.55. The second-order valence-corrected chi connectivity index (χ2v) is 4.44. The molecule has 1 aliphatic heterocycles. The fourth-order valence-corrected chi connectivity index (χ4v) is 2.23. The van der Waals surface area contributed by atoms with Gasteiger partial charge in [-0.3, -0.25) is 4.79 Å². The van der Waals surface area contributed by atoms with Crippen LogP contribution in [0.1, 0.15) is 18.4 Å². The van der Waals surface area contributed by atoms with E-state index in [4.69, 9.17) is 23.2 Å². The van der Waals surface area contributed by atoms with E-state index in [1.807, 2.05) is 6.92 Å². The standard InChI is InChI=1S/C11H11Cl2NO/c1-7-8(12)4-5-9(11(7)13)14-6-2-3-10(14)15/h4-5H,2-3,6H2,1H3.